The van der Waals surface area contributed by atoms with Crippen molar-refractivity contribution in [3.8, 4) is 28.7 Å². The number of hydrogen-bond donors (Lipinski definition) is 5. The zero-order chi connectivity index (χ0) is 59.0. The molecule has 5 rings (SSSR count). The molecular weight excluding hydrogens is 921 g/mol. The minimum absolute atomic E-state index is 0.00859. The Labute approximate surface area is 459 Å². The van der Waals surface area contributed by atoms with Crippen molar-refractivity contribution in [3.05, 3.63) is 145 Å². The van der Waals surface area contributed by atoms with E-state index in [0.717, 1.165) is 62.1 Å². The Hall–Kier alpha value is -4.90. The van der Waals surface area contributed by atoms with Crippen LogP contribution in [0.25, 0.3) is 0 Å². The lowest BCUT2D eigenvalue weighted by Gasteiger charge is -2.29. The van der Waals surface area contributed by atoms with E-state index in [0.29, 0.717) is 28.7 Å². The van der Waals surface area contributed by atoms with Crippen LogP contribution in [0.1, 0.15) is 265 Å². The number of rotatable bonds is 2. The number of aromatic hydroxyl groups is 5. The van der Waals surface area contributed by atoms with Crippen LogP contribution >= 0.6 is 0 Å². The van der Waals surface area contributed by atoms with E-state index in [4.69, 9.17) is 0 Å². The maximum Gasteiger partial charge on any atom is 0.123 e. The van der Waals surface area contributed by atoms with E-state index in [9.17, 15) is 25.5 Å². The predicted molar refractivity (Wildman–Crippen MR) is 326 cm³/mol. The van der Waals surface area contributed by atoms with E-state index < -0.39 is 0 Å². The molecule has 75 heavy (non-hydrogen) atoms. The maximum absolute atomic E-state index is 11.1. The van der Waals surface area contributed by atoms with E-state index in [1.54, 1.807) is 0 Å². The molecule has 0 bridgehead atoms. The van der Waals surface area contributed by atoms with Gasteiger partial charge in [0.1, 0.15) is 28.7 Å². The van der Waals surface area contributed by atoms with Crippen molar-refractivity contribution in [2.24, 2.45) is 0 Å². The molecule has 0 aliphatic heterocycles. The molecule has 5 N–H and O–H groups in total. The van der Waals surface area contributed by atoms with Gasteiger partial charge in [-0.1, -0.05) is 265 Å². The minimum atomic E-state index is -0.151. The van der Waals surface area contributed by atoms with Gasteiger partial charge in [0, 0.05) is 0 Å². The normalized spacial score (nSPS) is 13.0. The zero-order valence-corrected chi connectivity index (χ0v) is 53.3. The van der Waals surface area contributed by atoms with Gasteiger partial charge in [0.2, 0.25) is 0 Å². The quantitative estimate of drug-likeness (QED) is 0.121. The monoisotopic (exact) mass is 1030 g/mol. The Bertz CT molecular complexity index is 2520. The highest BCUT2D eigenvalue weighted by molar-refractivity contribution is 5.55. The fraction of sp³-hybridized carbons (Fsp3) is 0.571. The number of hydrogen-bond acceptors (Lipinski definition) is 5. The summed E-state index contributed by atoms with van der Waals surface area (Å²) in [6.07, 6.45) is 0.763. The standard InChI is InChI=1S/C29H44O2.C15H24O.C14H22O.C12H18O/c1-26(2,3)20-14-18(15-21(24(20)30)27(4,5)6)13-19-16-22(28(7,8)9)25(31)23(17-19)29(10,11)12;1-10-8-11(14(2,3)4)13(16)12(9-10)15(5,6)7;1-13(2,3)10-8-7-9-11(12(10)15)14(4,5)6;1-8-6-9(2)11(13)10(7-8)12(3,4)5/h14-17,30-31H,13H2,1-12H3;8-9,16H,1-7H3;7-9,15H,1-6H3;6-7,13H,1-5H3. The average molecular weight is 1030 g/mol. The Kier molecular flexibility index (Phi) is 20.3. The van der Waals surface area contributed by atoms with Gasteiger partial charge in [-0.3, -0.25) is 0 Å². The van der Waals surface area contributed by atoms with Gasteiger partial charge in [-0.15, -0.1) is 0 Å². The minimum Gasteiger partial charge on any atom is -0.507 e. The van der Waals surface area contributed by atoms with Gasteiger partial charge in [-0.2, -0.15) is 0 Å². The van der Waals surface area contributed by atoms with Crippen LogP contribution in [0.4, 0.5) is 0 Å². The van der Waals surface area contributed by atoms with Crippen molar-refractivity contribution >= 4 is 0 Å². The first kappa shape index (κ1) is 66.2. The highest BCUT2D eigenvalue weighted by atomic mass is 16.3. The van der Waals surface area contributed by atoms with Gasteiger partial charge in [-0.05, 0) is 143 Å². The van der Waals surface area contributed by atoms with E-state index in [2.05, 4.69) is 243 Å². The molecule has 0 aliphatic carbocycles. The first-order chi connectivity index (χ1) is 33.2. The summed E-state index contributed by atoms with van der Waals surface area (Å²) >= 11 is 0. The molecule has 418 valence electrons. The van der Waals surface area contributed by atoms with Gasteiger partial charge in [-0.25, -0.2) is 0 Å². The molecule has 5 aromatic rings. The largest absolute Gasteiger partial charge is 0.507 e. The second-order valence-electron chi connectivity index (χ2n) is 30.9. The lowest BCUT2D eigenvalue weighted by atomic mass is 9.76. The first-order valence-corrected chi connectivity index (χ1v) is 27.4. The Morgan fingerprint density at radius 1 is 0.253 bits per heavy atom. The van der Waals surface area contributed by atoms with E-state index in [-0.39, 0.29) is 48.7 Å². The van der Waals surface area contributed by atoms with Gasteiger partial charge in [0.05, 0.1) is 0 Å². The molecule has 0 amide bonds. The predicted octanol–water partition coefficient (Wildman–Crippen LogP) is 19.5. The third-order valence-corrected chi connectivity index (χ3v) is 13.8. The summed E-state index contributed by atoms with van der Waals surface area (Å²) in [4.78, 5) is 0. The lowest BCUT2D eigenvalue weighted by Crippen LogP contribution is -2.19. The summed E-state index contributed by atoms with van der Waals surface area (Å²) < 4.78 is 0. The third-order valence-electron chi connectivity index (χ3n) is 13.8. The van der Waals surface area contributed by atoms with Crippen molar-refractivity contribution < 1.29 is 25.5 Å². The molecule has 0 saturated heterocycles. The molecule has 0 atom stereocenters. The molecule has 0 heterocycles. The summed E-state index contributed by atoms with van der Waals surface area (Å²) in [5.41, 5.74) is 14.2. The Morgan fingerprint density at radius 3 is 0.667 bits per heavy atom. The summed E-state index contributed by atoms with van der Waals surface area (Å²) in [6.45, 7) is 63.7. The van der Waals surface area contributed by atoms with Crippen LogP contribution in [0.5, 0.6) is 28.7 Å². The van der Waals surface area contributed by atoms with Crippen molar-refractivity contribution in [3.63, 3.8) is 0 Å². The zero-order valence-electron chi connectivity index (χ0n) is 53.3. The van der Waals surface area contributed by atoms with Crippen LogP contribution in [-0.4, -0.2) is 25.5 Å². The molecule has 0 aromatic heterocycles. The summed E-state index contributed by atoms with van der Waals surface area (Å²) in [5, 5.41) is 52.6. The molecular formula is C70H108O5. The van der Waals surface area contributed by atoms with Crippen LogP contribution in [-0.2, 0) is 55.2 Å². The van der Waals surface area contributed by atoms with Crippen LogP contribution < -0.4 is 0 Å². The molecule has 5 aromatic carbocycles. The number of para-hydroxylation sites is 1. The second kappa shape index (κ2) is 23.0. The molecule has 5 heteroatoms. The Balaban J connectivity index is 0.000000369. The number of phenolic OH excluding ortho intramolecular Hbond substituents is 5. The van der Waals surface area contributed by atoms with Crippen molar-refractivity contribution in [1.29, 1.82) is 0 Å². The molecule has 0 aliphatic rings. The van der Waals surface area contributed by atoms with Gasteiger partial charge in [0.15, 0.2) is 0 Å². The smallest absolute Gasteiger partial charge is 0.123 e. The maximum atomic E-state index is 11.1. The fourth-order valence-corrected chi connectivity index (χ4v) is 9.32. The van der Waals surface area contributed by atoms with Crippen molar-refractivity contribution in [2.75, 3.05) is 0 Å². The van der Waals surface area contributed by atoms with Crippen LogP contribution in [0, 0.1) is 20.8 Å². The molecule has 0 fully saturated rings. The van der Waals surface area contributed by atoms with Gasteiger partial charge < -0.3 is 25.5 Å². The Morgan fingerprint density at radius 2 is 0.440 bits per heavy atom. The van der Waals surface area contributed by atoms with E-state index >= 15 is 0 Å². The van der Waals surface area contributed by atoms with Crippen LogP contribution in [0.2, 0.25) is 0 Å². The second-order valence-corrected chi connectivity index (χ2v) is 30.9. The van der Waals surface area contributed by atoms with Crippen LogP contribution in [0.3, 0.4) is 0 Å². The van der Waals surface area contributed by atoms with E-state index in [1.165, 1.54) is 22.3 Å². The van der Waals surface area contributed by atoms with Crippen LogP contribution in [0.15, 0.2) is 66.7 Å². The summed E-state index contributed by atoms with van der Waals surface area (Å²) in [5.74, 6) is 2.20. The molecule has 5 nitrogen and oxygen atoms in total. The van der Waals surface area contributed by atoms with Crippen molar-refractivity contribution in [1.82, 2.24) is 0 Å². The highest BCUT2D eigenvalue weighted by Crippen LogP contribution is 2.44. The summed E-state index contributed by atoms with van der Waals surface area (Å²) in [7, 11) is 0. The average Bonchev–Trinajstić information content (AvgIpc) is 3.18. The van der Waals surface area contributed by atoms with Gasteiger partial charge in [0.25, 0.3) is 0 Å². The molecule has 0 radical (unpaired) electrons. The van der Waals surface area contributed by atoms with E-state index in [1.807, 2.05) is 31.2 Å². The lowest BCUT2D eigenvalue weighted by molar-refractivity contribution is 0.421. The molecule has 0 unspecified atom stereocenters. The highest BCUT2D eigenvalue weighted by Gasteiger charge is 2.31. The SMILES string of the molecule is CC(C)(C)c1cc(Cc2cc(C(C)(C)C)c(O)c(C(C)(C)C)c2)cc(C(C)(C)C)c1O.CC(C)(C)c1cccc(C(C)(C)C)c1O.Cc1cc(C(C)(C)C)c(O)c(C(C)(C)C)c1.Cc1cc(C)c(O)c(C(C)(C)C)c1. The number of phenols is 5. The fourth-order valence-electron chi connectivity index (χ4n) is 9.32. The number of aryl methyl sites for hydroxylation is 3. The molecule has 0 spiro atoms. The van der Waals surface area contributed by atoms with Crippen molar-refractivity contribution in [2.45, 2.75) is 263 Å². The number of benzene rings is 5. The summed E-state index contributed by atoms with van der Waals surface area (Å²) in [6, 6.07) is 22.9. The topological polar surface area (TPSA) is 101 Å². The molecule has 0 saturated carbocycles. The first-order valence-electron chi connectivity index (χ1n) is 27.4. The third kappa shape index (κ3) is 18.1. The van der Waals surface area contributed by atoms with Gasteiger partial charge >= 0.3 is 0 Å².